The van der Waals surface area contributed by atoms with Gasteiger partial charge >= 0.3 is 0 Å². The van der Waals surface area contributed by atoms with Gasteiger partial charge in [0.15, 0.2) is 0 Å². The highest BCUT2D eigenvalue weighted by atomic mass is 16.6. The van der Waals surface area contributed by atoms with Gasteiger partial charge in [-0.1, -0.05) is 42.2 Å². The molecule has 3 aromatic rings. The summed E-state index contributed by atoms with van der Waals surface area (Å²) in [5.41, 5.74) is 5.50. The van der Waals surface area contributed by atoms with Crippen molar-refractivity contribution in [1.29, 1.82) is 0 Å². The van der Waals surface area contributed by atoms with Crippen molar-refractivity contribution in [1.82, 2.24) is 16.1 Å². The summed E-state index contributed by atoms with van der Waals surface area (Å²) in [6.07, 6.45) is -0.606. The number of anilines is 1. The highest BCUT2D eigenvalue weighted by Crippen LogP contribution is 2.14. The molecule has 0 radical (unpaired) electrons. The number of hydroxylamine groups is 1. The van der Waals surface area contributed by atoms with Gasteiger partial charge in [0.05, 0.1) is 24.9 Å². The fourth-order valence-electron chi connectivity index (χ4n) is 4.06. The molecule has 0 aliphatic heterocycles. The zero-order valence-corrected chi connectivity index (χ0v) is 25.3. The number of benzene rings is 3. The molecule has 3 rings (SSSR count). The van der Waals surface area contributed by atoms with Crippen molar-refractivity contribution in [2.75, 3.05) is 18.5 Å². The first-order chi connectivity index (χ1) is 20.5. The fourth-order valence-corrected chi connectivity index (χ4v) is 4.06. The lowest BCUT2D eigenvalue weighted by atomic mass is 10.1. The number of rotatable bonds is 12. The van der Waals surface area contributed by atoms with Gasteiger partial charge in [0.1, 0.15) is 6.04 Å². The second-order valence-corrected chi connectivity index (χ2v) is 10.8. The normalized spacial score (nSPS) is 12.3. The van der Waals surface area contributed by atoms with Crippen LogP contribution < -0.4 is 21.4 Å². The molecule has 9 heteroatoms. The van der Waals surface area contributed by atoms with E-state index in [-0.39, 0.29) is 19.1 Å². The Hall–Kier alpha value is -4.49. The van der Waals surface area contributed by atoms with Gasteiger partial charge in [-0.25, -0.2) is 5.48 Å². The highest BCUT2D eigenvalue weighted by molar-refractivity contribution is 5.97. The Morgan fingerprint density at radius 3 is 2.05 bits per heavy atom. The van der Waals surface area contributed by atoms with Crippen LogP contribution in [0.5, 0.6) is 0 Å². The number of hydrogen-bond donors (Lipinski definition) is 4. The van der Waals surface area contributed by atoms with Crippen LogP contribution in [0, 0.1) is 11.8 Å². The molecule has 4 N–H and O–H groups in total. The Balaban J connectivity index is 1.54. The number of ether oxygens (including phenoxy) is 1. The van der Waals surface area contributed by atoms with Gasteiger partial charge in [0.25, 0.3) is 11.8 Å². The predicted molar refractivity (Wildman–Crippen MR) is 167 cm³/mol. The summed E-state index contributed by atoms with van der Waals surface area (Å²) in [5, 5.41) is 8.75. The van der Waals surface area contributed by atoms with Crippen molar-refractivity contribution in [2.45, 2.75) is 58.9 Å². The molecule has 0 heterocycles. The average Bonchev–Trinajstić information content (AvgIpc) is 2.98. The van der Waals surface area contributed by atoms with E-state index in [1.165, 1.54) is 0 Å². The zero-order valence-electron chi connectivity index (χ0n) is 25.3. The summed E-state index contributed by atoms with van der Waals surface area (Å²) in [5.74, 6) is 5.11. The van der Waals surface area contributed by atoms with Crippen LogP contribution in [-0.2, 0) is 25.7 Å². The third-order valence-corrected chi connectivity index (χ3v) is 6.02. The number of nitrogens with one attached hydrogen (secondary N) is 4. The van der Waals surface area contributed by atoms with Crippen molar-refractivity contribution in [2.24, 2.45) is 0 Å². The van der Waals surface area contributed by atoms with E-state index in [2.05, 4.69) is 33.3 Å². The topological polar surface area (TPSA) is 118 Å². The molecule has 0 unspecified atom stereocenters. The standard InChI is InChI=1S/C34H40N4O5/c1-6-42-38-33(41)31(24(2)43-34(3,4)5)37-32(40)28-18-14-25(15-19-28)12-13-26-16-20-29(21-17-26)36-30(39)23-35-22-27-10-8-7-9-11-27/h7-11,14-21,24,31,35H,6,22-23H2,1-5H3,(H,36,39)(H,37,40)(H,38,41)/t24-,31+/m1/s1. The van der Waals surface area contributed by atoms with Gasteiger partial charge in [-0.2, -0.15) is 0 Å². The maximum Gasteiger partial charge on any atom is 0.268 e. The third-order valence-electron chi connectivity index (χ3n) is 6.02. The number of carbonyl (C=O) groups is 3. The van der Waals surface area contributed by atoms with E-state index in [1.807, 2.05) is 63.2 Å². The first-order valence-electron chi connectivity index (χ1n) is 14.2. The maximum absolute atomic E-state index is 13.0. The minimum Gasteiger partial charge on any atom is -0.370 e. The van der Waals surface area contributed by atoms with Gasteiger partial charge in [-0.15, -0.1) is 0 Å². The summed E-state index contributed by atoms with van der Waals surface area (Å²) in [6, 6.07) is 23.0. The highest BCUT2D eigenvalue weighted by Gasteiger charge is 2.31. The van der Waals surface area contributed by atoms with E-state index >= 15 is 0 Å². The molecule has 3 amide bonds. The Kier molecular flexibility index (Phi) is 12.5. The summed E-state index contributed by atoms with van der Waals surface area (Å²) < 4.78 is 5.91. The molecule has 0 aliphatic carbocycles. The van der Waals surface area contributed by atoms with Gasteiger partial charge in [-0.05, 0) is 88.7 Å². The molecule has 226 valence electrons. The first-order valence-corrected chi connectivity index (χ1v) is 14.2. The van der Waals surface area contributed by atoms with Crippen LogP contribution in [-0.4, -0.2) is 48.6 Å². The SMILES string of the molecule is CCONC(=O)[C@@H](NC(=O)c1ccc(C#Cc2ccc(NC(=O)CNCc3ccccc3)cc2)cc1)[C@@H](C)OC(C)(C)C. The lowest BCUT2D eigenvalue weighted by molar-refractivity contribution is -0.142. The Labute approximate surface area is 253 Å². The Morgan fingerprint density at radius 1 is 0.860 bits per heavy atom. The van der Waals surface area contributed by atoms with E-state index in [0.29, 0.717) is 23.4 Å². The molecule has 9 nitrogen and oxygen atoms in total. The van der Waals surface area contributed by atoms with Crippen LogP contribution in [0.3, 0.4) is 0 Å². The monoisotopic (exact) mass is 584 g/mol. The molecular formula is C34H40N4O5. The lowest BCUT2D eigenvalue weighted by Crippen LogP contribution is -2.54. The van der Waals surface area contributed by atoms with E-state index < -0.39 is 29.6 Å². The van der Waals surface area contributed by atoms with Crippen LogP contribution in [0.2, 0.25) is 0 Å². The molecule has 0 bridgehead atoms. The molecule has 2 atom stereocenters. The molecule has 0 fully saturated rings. The molecule has 0 aromatic heterocycles. The van der Waals surface area contributed by atoms with Crippen LogP contribution in [0.25, 0.3) is 0 Å². The van der Waals surface area contributed by atoms with Crippen LogP contribution in [0.1, 0.15) is 61.7 Å². The molecule has 3 aromatic carbocycles. The predicted octanol–water partition coefficient (Wildman–Crippen LogP) is 4.18. The van der Waals surface area contributed by atoms with E-state index in [0.717, 1.165) is 11.1 Å². The average molecular weight is 585 g/mol. The maximum atomic E-state index is 13.0. The van der Waals surface area contributed by atoms with Gasteiger partial charge < -0.3 is 20.7 Å². The molecule has 0 saturated heterocycles. The minimum absolute atomic E-state index is 0.128. The molecule has 0 aliphatic rings. The van der Waals surface area contributed by atoms with E-state index in [1.54, 1.807) is 50.2 Å². The van der Waals surface area contributed by atoms with Crippen LogP contribution >= 0.6 is 0 Å². The number of carbonyl (C=O) groups excluding carboxylic acids is 3. The van der Waals surface area contributed by atoms with Crippen molar-refractivity contribution in [3.8, 4) is 11.8 Å². The van der Waals surface area contributed by atoms with Crippen molar-refractivity contribution < 1.29 is 24.0 Å². The number of hydrogen-bond acceptors (Lipinski definition) is 6. The summed E-state index contributed by atoms with van der Waals surface area (Å²) in [7, 11) is 0. The van der Waals surface area contributed by atoms with Crippen molar-refractivity contribution in [3.63, 3.8) is 0 Å². The minimum atomic E-state index is -0.962. The van der Waals surface area contributed by atoms with Crippen LogP contribution in [0.15, 0.2) is 78.9 Å². The van der Waals surface area contributed by atoms with Crippen molar-refractivity contribution >= 4 is 23.4 Å². The zero-order chi connectivity index (χ0) is 31.2. The third kappa shape index (κ3) is 11.7. The van der Waals surface area contributed by atoms with Gasteiger partial charge in [0.2, 0.25) is 5.91 Å². The molecular weight excluding hydrogens is 544 g/mol. The van der Waals surface area contributed by atoms with E-state index in [9.17, 15) is 14.4 Å². The van der Waals surface area contributed by atoms with Gasteiger partial charge in [0, 0.05) is 28.9 Å². The summed E-state index contributed by atoms with van der Waals surface area (Å²) in [6.45, 7) is 10.2. The first kappa shape index (κ1) is 33.0. The summed E-state index contributed by atoms with van der Waals surface area (Å²) in [4.78, 5) is 42.9. The largest absolute Gasteiger partial charge is 0.370 e. The summed E-state index contributed by atoms with van der Waals surface area (Å²) >= 11 is 0. The Bertz CT molecular complexity index is 1410. The molecule has 43 heavy (non-hydrogen) atoms. The van der Waals surface area contributed by atoms with E-state index in [4.69, 9.17) is 9.57 Å². The second-order valence-electron chi connectivity index (χ2n) is 10.8. The second kappa shape index (κ2) is 16.2. The quantitative estimate of drug-likeness (QED) is 0.187. The number of amides is 3. The molecule has 0 spiro atoms. The van der Waals surface area contributed by atoms with Gasteiger partial charge in [-0.3, -0.25) is 19.2 Å². The van der Waals surface area contributed by atoms with Crippen LogP contribution in [0.4, 0.5) is 5.69 Å². The smallest absolute Gasteiger partial charge is 0.268 e. The van der Waals surface area contributed by atoms with Crippen molar-refractivity contribution in [3.05, 3.63) is 101 Å². The molecule has 0 saturated carbocycles. The lowest BCUT2D eigenvalue weighted by Gasteiger charge is -2.30. The Morgan fingerprint density at radius 2 is 1.47 bits per heavy atom. The fraction of sp³-hybridized carbons (Fsp3) is 0.324.